The minimum absolute atomic E-state index is 0.736. The lowest BCUT2D eigenvalue weighted by atomic mass is 10.0. The maximum Gasteiger partial charge on any atom is 0.0349 e. The smallest absolute Gasteiger partial charge is 0.0349 e. The number of likely N-dealkylation sites (N-methyl/N-ethyl adjacent to an activating group) is 1. The number of nitrogens with one attached hydrogen (secondary N) is 1. The summed E-state index contributed by atoms with van der Waals surface area (Å²) in [5.74, 6) is 0. The highest BCUT2D eigenvalue weighted by molar-refractivity contribution is 4.89. The van der Waals surface area contributed by atoms with Crippen LogP contribution in [-0.2, 0) is 0 Å². The van der Waals surface area contributed by atoms with E-state index in [1.54, 1.807) is 0 Å². The summed E-state index contributed by atoms with van der Waals surface area (Å²) in [6.07, 6.45) is 1.26. The predicted octanol–water partition coefficient (Wildman–Crippen LogP) is -0.0158. The van der Waals surface area contributed by atoms with Crippen LogP contribution in [0.5, 0.6) is 0 Å². The van der Waals surface area contributed by atoms with Gasteiger partial charge in [-0.1, -0.05) is 6.92 Å². The van der Waals surface area contributed by atoms with Crippen LogP contribution in [0.2, 0.25) is 0 Å². The highest BCUT2D eigenvalue weighted by Gasteiger charge is 2.30. The van der Waals surface area contributed by atoms with Crippen molar-refractivity contribution in [2.75, 3.05) is 39.8 Å². The highest BCUT2D eigenvalue weighted by Crippen LogP contribution is 2.13. The van der Waals surface area contributed by atoms with Crippen LogP contribution in [0, 0.1) is 0 Å². The van der Waals surface area contributed by atoms with Crippen molar-refractivity contribution < 1.29 is 0 Å². The molecule has 0 saturated carbocycles. The third-order valence-corrected chi connectivity index (χ3v) is 3.40. The van der Waals surface area contributed by atoms with Gasteiger partial charge in [-0.15, -0.1) is 0 Å². The second-order valence-corrected chi connectivity index (χ2v) is 4.42. The van der Waals surface area contributed by atoms with Crippen LogP contribution >= 0.6 is 0 Å². The van der Waals surface area contributed by atoms with Gasteiger partial charge in [-0.25, -0.2) is 0 Å². The molecule has 2 aliphatic heterocycles. The molecule has 76 valence electrons. The van der Waals surface area contributed by atoms with Gasteiger partial charge in [0.25, 0.3) is 0 Å². The molecule has 0 bridgehead atoms. The summed E-state index contributed by atoms with van der Waals surface area (Å²) in [7, 11) is 2.23. The van der Waals surface area contributed by atoms with E-state index in [0.29, 0.717) is 0 Å². The Kier molecular flexibility index (Phi) is 2.86. The molecule has 0 aromatic carbocycles. The monoisotopic (exact) mass is 183 g/mol. The summed E-state index contributed by atoms with van der Waals surface area (Å²) < 4.78 is 0. The number of hydrogen-bond donors (Lipinski definition) is 1. The van der Waals surface area contributed by atoms with E-state index < -0.39 is 0 Å². The average Bonchev–Trinajstić information content (AvgIpc) is 2.17. The van der Waals surface area contributed by atoms with Crippen LogP contribution in [0.15, 0.2) is 0 Å². The van der Waals surface area contributed by atoms with Crippen molar-refractivity contribution >= 4 is 0 Å². The molecule has 2 saturated heterocycles. The summed E-state index contributed by atoms with van der Waals surface area (Å²) in [6.45, 7) is 8.46. The molecule has 1 N–H and O–H groups in total. The van der Waals surface area contributed by atoms with Crippen molar-refractivity contribution in [1.29, 1.82) is 0 Å². The van der Waals surface area contributed by atoms with E-state index in [0.717, 1.165) is 12.1 Å². The zero-order valence-corrected chi connectivity index (χ0v) is 8.79. The van der Waals surface area contributed by atoms with Crippen molar-refractivity contribution in [3.63, 3.8) is 0 Å². The fraction of sp³-hybridized carbons (Fsp3) is 1.00. The summed E-state index contributed by atoms with van der Waals surface area (Å²) >= 11 is 0. The molecule has 0 spiro atoms. The number of nitrogens with zero attached hydrogens (tertiary/aromatic N) is 2. The second kappa shape index (κ2) is 3.95. The van der Waals surface area contributed by atoms with Crippen molar-refractivity contribution in [2.45, 2.75) is 25.4 Å². The molecule has 13 heavy (non-hydrogen) atoms. The Hall–Kier alpha value is -0.120. The first-order valence-corrected chi connectivity index (χ1v) is 5.45. The van der Waals surface area contributed by atoms with Crippen molar-refractivity contribution in [2.24, 2.45) is 0 Å². The van der Waals surface area contributed by atoms with Crippen molar-refractivity contribution in [3.8, 4) is 0 Å². The molecule has 0 aliphatic carbocycles. The van der Waals surface area contributed by atoms with Gasteiger partial charge in [-0.2, -0.15) is 0 Å². The van der Waals surface area contributed by atoms with Gasteiger partial charge in [-0.3, -0.25) is 4.90 Å². The van der Waals surface area contributed by atoms with E-state index in [1.165, 1.54) is 39.1 Å². The maximum atomic E-state index is 3.62. The Morgan fingerprint density at radius 1 is 1.31 bits per heavy atom. The topological polar surface area (TPSA) is 18.5 Å². The van der Waals surface area contributed by atoms with E-state index in [2.05, 4.69) is 29.1 Å². The minimum atomic E-state index is 0.736. The molecule has 0 aromatic rings. The van der Waals surface area contributed by atoms with Gasteiger partial charge >= 0.3 is 0 Å². The van der Waals surface area contributed by atoms with Gasteiger partial charge in [0.05, 0.1) is 0 Å². The van der Waals surface area contributed by atoms with Gasteiger partial charge in [0.2, 0.25) is 0 Å². The number of piperazine rings is 2. The van der Waals surface area contributed by atoms with Crippen LogP contribution < -0.4 is 5.32 Å². The van der Waals surface area contributed by atoms with E-state index in [1.807, 2.05) is 0 Å². The van der Waals surface area contributed by atoms with Crippen molar-refractivity contribution in [1.82, 2.24) is 15.1 Å². The lowest BCUT2D eigenvalue weighted by Crippen LogP contribution is -2.63. The van der Waals surface area contributed by atoms with E-state index in [9.17, 15) is 0 Å². The molecular weight excluding hydrogens is 162 g/mol. The fourth-order valence-electron chi connectivity index (χ4n) is 2.41. The quantitative estimate of drug-likeness (QED) is 0.616. The Bertz CT molecular complexity index is 172. The number of rotatable bonds is 1. The SMILES string of the molecule is CCC1CN2CCN(C)CC2CN1. The third-order valence-electron chi connectivity index (χ3n) is 3.40. The van der Waals surface area contributed by atoms with E-state index in [4.69, 9.17) is 0 Å². The standard InChI is InChI=1S/C10H21N3/c1-3-9-7-13-5-4-12(2)8-10(13)6-11-9/h9-11H,3-8H2,1-2H3. The second-order valence-electron chi connectivity index (χ2n) is 4.42. The van der Waals surface area contributed by atoms with Gasteiger partial charge in [-0.05, 0) is 13.5 Å². The zero-order valence-electron chi connectivity index (χ0n) is 8.79. The minimum Gasteiger partial charge on any atom is -0.311 e. The Balaban J connectivity index is 1.90. The zero-order chi connectivity index (χ0) is 9.26. The summed E-state index contributed by atoms with van der Waals surface area (Å²) in [6, 6.07) is 1.50. The molecule has 3 heteroatoms. The van der Waals surface area contributed by atoms with Crippen LogP contribution in [0.25, 0.3) is 0 Å². The van der Waals surface area contributed by atoms with Gasteiger partial charge in [0.15, 0.2) is 0 Å². The van der Waals surface area contributed by atoms with E-state index in [-0.39, 0.29) is 0 Å². The Morgan fingerprint density at radius 3 is 2.92 bits per heavy atom. The molecule has 2 atom stereocenters. The first-order valence-electron chi connectivity index (χ1n) is 5.45. The first-order chi connectivity index (χ1) is 6.29. The van der Waals surface area contributed by atoms with Crippen LogP contribution in [0.3, 0.4) is 0 Å². The Morgan fingerprint density at radius 2 is 2.15 bits per heavy atom. The normalized spacial score (nSPS) is 37.4. The molecule has 2 rings (SSSR count). The Labute approximate surface area is 81.1 Å². The fourth-order valence-corrected chi connectivity index (χ4v) is 2.41. The molecule has 2 fully saturated rings. The first kappa shape index (κ1) is 9.44. The number of fused-ring (bicyclic) bond motifs is 1. The maximum absolute atomic E-state index is 3.62. The van der Waals surface area contributed by atoms with Gasteiger partial charge < -0.3 is 10.2 Å². The van der Waals surface area contributed by atoms with E-state index >= 15 is 0 Å². The lowest BCUT2D eigenvalue weighted by Gasteiger charge is -2.45. The van der Waals surface area contributed by atoms with Gasteiger partial charge in [0, 0.05) is 44.8 Å². The average molecular weight is 183 g/mol. The van der Waals surface area contributed by atoms with Crippen molar-refractivity contribution in [3.05, 3.63) is 0 Å². The van der Waals surface area contributed by atoms with Crippen LogP contribution in [-0.4, -0.2) is 61.7 Å². The largest absolute Gasteiger partial charge is 0.311 e. The highest BCUT2D eigenvalue weighted by atomic mass is 15.3. The molecule has 3 nitrogen and oxygen atoms in total. The van der Waals surface area contributed by atoms with Crippen LogP contribution in [0.1, 0.15) is 13.3 Å². The predicted molar refractivity (Wildman–Crippen MR) is 54.9 cm³/mol. The molecule has 2 unspecified atom stereocenters. The van der Waals surface area contributed by atoms with Crippen LogP contribution in [0.4, 0.5) is 0 Å². The molecular formula is C10H21N3. The number of hydrogen-bond acceptors (Lipinski definition) is 3. The lowest BCUT2D eigenvalue weighted by molar-refractivity contribution is 0.0534. The molecule has 0 amide bonds. The molecule has 2 heterocycles. The summed E-state index contributed by atoms with van der Waals surface area (Å²) in [5, 5.41) is 3.62. The summed E-state index contributed by atoms with van der Waals surface area (Å²) in [4.78, 5) is 5.10. The van der Waals surface area contributed by atoms with Gasteiger partial charge in [0.1, 0.15) is 0 Å². The molecule has 0 aromatic heterocycles. The third kappa shape index (κ3) is 2.03. The molecule has 0 radical (unpaired) electrons. The molecule has 2 aliphatic rings. The summed E-state index contributed by atoms with van der Waals surface area (Å²) in [5.41, 5.74) is 0.